The van der Waals surface area contributed by atoms with Crippen LogP contribution in [-0.2, 0) is 0 Å². The Morgan fingerprint density at radius 2 is 1.95 bits per heavy atom. The molecule has 0 unspecified atom stereocenters. The third-order valence-electron chi connectivity index (χ3n) is 4.04. The van der Waals surface area contributed by atoms with E-state index >= 15 is 0 Å². The standard InChI is InChI=1S/C16H15BrN4/c1-11-19-14-4-2-3-5-15(14)21(11)13-9-20(10-13)16-7-6-12(17)8-18-16/h2-8,13H,9-10H2,1H3. The smallest absolute Gasteiger partial charge is 0.128 e. The van der Waals surface area contributed by atoms with Crippen LogP contribution in [0.15, 0.2) is 47.1 Å². The molecule has 21 heavy (non-hydrogen) atoms. The third kappa shape index (κ3) is 2.12. The fourth-order valence-corrected chi connectivity index (χ4v) is 3.22. The van der Waals surface area contributed by atoms with Gasteiger partial charge in [-0.3, -0.25) is 0 Å². The van der Waals surface area contributed by atoms with Gasteiger partial charge in [-0.25, -0.2) is 9.97 Å². The lowest BCUT2D eigenvalue weighted by molar-refractivity contribution is 0.399. The molecule has 1 saturated heterocycles. The molecule has 4 rings (SSSR count). The number of hydrogen-bond acceptors (Lipinski definition) is 3. The van der Waals surface area contributed by atoms with E-state index in [1.807, 2.05) is 18.3 Å². The second kappa shape index (κ2) is 4.84. The van der Waals surface area contributed by atoms with Gasteiger partial charge < -0.3 is 9.47 Å². The largest absolute Gasteiger partial charge is 0.352 e. The second-order valence-electron chi connectivity index (χ2n) is 5.41. The van der Waals surface area contributed by atoms with Gasteiger partial charge in [-0.1, -0.05) is 12.1 Å². The summed E-state index contributed by atoms with van der Waals surface area (Å²) < 4.78 is 3.37. The zero-order valence-corrected chi connectivity index (χ0v) is 13.3. The summed E-state index contributed by atoms with van der Waals surface area (Å²) in [7, 11) is 0. The fourth-order valence-electron chi connectivity index (χ4n) is 2.99. The second-order valence-corrected chi connectivity index (χ2v) is 6.33. The fraction of sp³-hybridized carbons (Fsp3) is 0.250. The van der Waals surface area contributed by atoms with Crippen LogP contribution >= 0.6 is 15.9 Å². The van der Waals surface area contributed by atoms with E-state index in [1.165, 1.54) is 5.52 Å². The molecular weight excluding hydrogens is 328 g/mol. The lowest BCUT2D eigenvalue weighted by Gasteiger charge is -2.41. The Morgan fingerprint density at radius 3 is 2.71 bits per heavy atom. The zero-order chi connectivity index (χ0) is 14.4. The molecule has 106 valence electrons. The third-order valence-corrected chi connectivity index (χ3v) is 4.50. The van der Waals surface area contributed by atoms with Gasteiger partial charge in [0.05, 0.1) is 17.1 Å². The zero-order valence-electron chi connectivity index (χ0n) is 11.7. The predicted molar refractivity (Wildman–Crippen MR) is 87.7 cm³/mol. The Morgan fingerprint density at radius 1 is 1.14 bits per heavy atom. The highest BCUT2D eigenvalue weighted by Gasteiger charge is 2.31. The van der Waals surface area contributed by atoms with Crippen molar-refractivity contribution in [1.29, 1.82) is 0 Å². The van der Waals surface area contributed by atoms with Gasteiger partial charge in [0.25, 0.3) is 0 Å². The van der Waals surface area contributed by atoms with Gasteiger partial charge in [-0.15, -0.1) is 0 Å². The number of aryl methyl sites for hydroxylation is 1. The van der Waals surface area contributed by atoms with Crippen LogP contribution in [0.3, 0.4) is 0 Å². The summed E-state index contributed by atoms with van der Waals surface area (Å²) in [6, 6.07) is 12.9. The van der Waals surface area contributed by atoms with Crippen molar-refractivity contribution in [3.05, 3.63) is 52.9 Å². The number of nitrogens with zero attached hydrogens (tertiary/aromatic N) is 4. The van der Waals surface area contributed by atoms with E-state index in [4.69, 9.17) is 0 Å². The minimum atomic E-state index is 0.475. The van der Waals surface area contributed by atoms with Gasteiger partial charge in [0.15, 0.2) is 0 Å². The van der Waals surface area contributed by atoms with Gasteiger partial charge in [0, 0.05) is 23.8 Å². The predicted octanol–water partition coefficient (Wildman–Crippen LogP) is 3.56. The Labute approximate surface area is 131 Å². The van der Waals surface area contributed by atoms with Crippen LogP contribution in [0, 0.1) is 6.92 Å². The van der Waals surface area contributed by atoms with E-state index in [0.717, 1.165) is 34.7 Å². The molecule has 0 bridgehead atoms. The molecular formula is C16H15BrN4. The first-order valence-electron chi connectivity index (χ1n) is 7.02. The summed E-state index contributed by atoms with van der Waals surface area (Å²) in [5, 5.41) is 0. The number of aromatic nitrogens is 3. The van der Waals surface area contributed by atoms with Gasteiger partial charge in [-0.2, -0.15) is 0 Å². The molecule has 0 spiro atoms. The lowest BCUT2D eigenvalue weighted by atomic mass is 10.1. The molecule has 3 aromatic rings. The maximum atomic E-state index is 4.65. The number of anilines is 1. The van der Waals surface area contributed by atoms with Crippen LogP contribution in [0.5, 0.6) is 0 Å². The Kier molecular flexibility index (Phi) is 2.96. The first-order valence-corrected chi connectivity index (χ1v) is 7.82. The van der Waals surface area contributed by atoms with Crippen molar-refractivity contribution in [3.8, 4) is 0 Å². The monoisotopic (exact) mass is 342 g/mol. The van der Waals surface area contributed by atoms with E-state index in [-0.39, 0.29) is 0 Å². The summed E-state index contributed by atoms with van der Waals surface area (Å²) >= 11 is 3.42. The van der Waals surface area contributed by atoms with Gasteiger partial charge in [0.2, 0.25) is 0 Å². The molecule has 5 heteroatoms. The number of hydrogen-bond donors (Lipinski definition) is 0. The average molecular weight is 343 g/mol. The van der Waals surface area contributed by atoms with Crippen LogP contribution in [0.4, 0.5) is 5.82 Å². The number of halogens is 1. The minimum Gasteiger partial charge on any atom is -0.352 e. The van der Waals surface area contributed by atoms with Crippen molar-refractivity contribution in [3.63, 3.8) is 0 Å². The number of fused-ring (bicyclic) bond motifs is 1. The molecule has 0 radical (unpaired) electrons. The summed E-state index contributed by atoms with van der Waals surface area (Å²) in [5.74, 6) is 2.13. The van der Waals surface area contributed by atoms with Gasteiger partial charge in [-0.05, 0) is 47.1 Å². The molecule has 1 fully saturated rings. The van der Waals surface area contributed by atoms with E-state index in [1.54, 1.807) is 0 Å². The van der Waals surface area contributed by atoms with Crippen LogP contribution in [0.2, 0.25) is 0 Å². The molecule has 1 aromatic carbocycles. The Hall–Kier alpha value is -1.88. The average Bonchev–Trinajstić information content (AvgIpc) is 2.76. The highest BCUT2D eigenvalue weighted by Crippen LogP contribution is 2.30. The molecule has 0 atom stereocenters. The normalized spacial score (nSPS) is 15.4. The molecule has 0 amide bonds. The van der Waals surface area contributed by atoms with Crippen molar-refractivity contribution in [2.24, 2.45) is 0 Å². The van der Waals surface area contributed by atoms with Gasteiger partial charge >= 0.3 is 0 Å². The topological polar surface area (TPSA) is 34.0 Å². The Balaban J connectivity index is 1.59. The van der Waals surface area contributed by atoms with Crippen molar-refractivity contribution in [2.75, 3.05) is 18.0 Å². The van der Waals surface area contributed by atoms with E-state index in [2.05, 4.69) is 66.6 Å². The number of imidazole rings is 1. The van der Waals surface area contributed by atoms with E-state index in [0.29, 0.717) is 6.04 Å². The number of benzene rings is 1. The minimum absolute atomic E-state index is 0.475. The maximum absolute atomic E-state index is 4.65. The van der Waals surface area contributed by atoms with Crippen molar-refractivity contribution < 1.29 is 0 Å². The Bertz CT molecular complexity index is 788. The summed E-state index contributed by atoms with van der Waals surface area (Å²) in [6.07, 6.45) is 1.85. The summed E-state index contributed by atoms with van der Waals surface area (Å²) in [4.78, 5) is 11.4. The van der Waals surface area contributed by atoms with Crippen LogP contribution in [0.1, 0.15) is 11.9 Å². The molecule has 0 aliphatic carbocycles. The quantitative estimate of drug-likeness (QED) is 0.713. The maximum Gasteiger partial charge on any atom is 0.128 e. The van der Waals surface area contributed by atoms with Crippen LogP contribution in [-0.4, -0.2) is 27.6 Å². The van der Waals surface area contributed by atoms with Crippen molar-refractivity contribution in [1.82, 2.24) is 14.5 Å². The molecule has 3 heterocycles. The van der Waals surface area contributed by atoms with Gasteiger partial charge in [0.1, 0.15) is 11.6 Å². The number of para-hydroxylation sites is 2. The molecule has 1 aliphatic rings. The summed E-state index contributed by atoms with van der Waals surface area (Å²) in [5.41, 5.74) is 2.30. The van der Waals surface area contributed by atoms with Crippen LogP contribution in [0.25, 0.3) is 11.0 Å². The first kappa shape index (κ1) is 12.8. The molecule has 4 nitrogen and oxygen atoms in total. The highest BCUT2D eigenvalue weighted by molar-refractivity contribution is 9.10. The number of pyridine rings is 1. The SMILES string of the molecule is Cc1nc2ccccc2n1C1CN(c2ccc(Br)cn2)C1. The van der Waals surface area contributed by atoms with Crippen molar-refractivity contribution in [2.45, 2.75) is 13.0 Å². The lowest BCUT2D eigenvalue weighted by Crippen LogP contribution is -2.48. The first-order chi connectivity index (χ1) is 10.2. The van der Waals surface area contributed by atoms with E-state index in [9.17, 15) is 0 Å². The van der Waals surface area contributed by atoms with Crippen LogP contribution < -0.4 is 4.90 Å². The molecule has 1 aliphatic heterocycles. The van der Waals surface area contributed by atoms with Crippen molar-refractivity contribution >= 4 is 32.8 Å². The van der Waals surface area contributed by atoms with E-state index < -0.39 is 0 Å². The number of rotatable bonds is 2. The highest BCUT2D eigenvalue weighted by atomic mass is 79.9. The molecule has 0 N–H and O–H groups in total. The molecule has 2 aromatic heterocycles. The molecule has 0 saturated carbocycles. The summed E-state index contributed by atoms with van der Waals surface area (Å²) in [6.45, 7) is 4.05.